The van der Waals surface area contributed by atoms with Crippen LogP contribution in [0.25, 0.3) is 0 Å². The minimum Gasteiger partial charge on any atom is -0.379 e. The van der Waals surface area contributed by atoms with Gasteiger partial charge in [-0.25, -0.2) is 0 Å². The molecule has 1 aliphatic rings. The van der Waals surface area contributed by atoms with Gasteiger partial charge in [0, 0.05) is 13.2 Å². The van der Waals surface area contributed by atoms with Gasteiger partial charge in [-0.15, -0.1) is 0 Å². The largest absolute Gasteiger partial charge is 0.379 e. The number of hydrogen-bond donors (Lipinski definition) is 3. The number of anilines is 1. The van der Waals surface area contributed by atoms with Gasteiger partial charge in [0.1, 0.15) is 0 Å². The van der Waals surface area contributed by atoms with Crippen LogP contribution >= 0.6 is 0 Å². The lowest BCUT2D eigenvalue weighted by molar-refractivity contribution is 0.0907. The molecule has 1 amide bonds. The van der Waals surface area contributed by atoms with E-state index in [0.717, 1.165) is 12.5 Å². The molecule has 1 aliphatic carbocycles. The third-order valence-electron chi connectivity index (χ3n) is 2.91. The standard InChI is InChI=1S/C13H19N3O2/c14-16-12-4-2-1-3-11(12)13(17)15-7-8-18-9-10-5-6-10/h1-4,10,16H,5-9,14H2,(H,15,17). The molecule has 1 fully saturated rings. The van der Waals surface area contributed by atoms with E-state index in [2.05, 4.69) is 10.7 Å². The van der Waals surface area contributed by atoms with E-state index in [1.165, 1.54) is 12.8 Å². The van der Waals surface area contributed by atoms with Crippen LogP contribution in [0.1, 0.15) is 23.2 Å². The van der Waals surface area contributed by atoms with E-state index in [1.807, 2.05) is 6.07 Å². The number of amides is 1. The molecular formula is C13H19N3O2. The second-order valence-corrected chi connectivity index (χ2v) is 4.46. The van der Waals surface area contributed by atoms with Gasteiger partial charge in [-0.3, -0.25) is 10.6 Å². The van der Waals surface area contributed by atoms with Crippen LogP contribution in [0.2, 0.25) is 0 Å². The van der Waals surface area contributed by atoms with Gasteiger partial charge in [0.25, 0.3) is 5.91 Å². The van der Waals surface area contributed by atoms with Crippen molar-refractivity contribution in [2.24, 2.45) is 11.8 Å². The van der Waals surface area contributed by atoms with E-state index in [1.54, 1.807) is 18.2 Å². The number of benzene rings is 1. The number of nitrogens with two attached hydrogens (primary N) is 1. The summed E-state index contributed by atoms with van der Waals surface area (Å²) < 4.78 is 5.45. The minimum absolute atomic E-state index is 0.140. The molecule has 1 aromatic carbocycles. The normalized spacial score (nSPS) is 14.3. The molecule has 5 heteroatoms. The van der Waals surface area contributed by atoms with Crippen LogP contribution in [-0.2, 0) is 4.74 Å². The maximum Gasteiger partial charge on any atom is 0.253 e. The van der Waals surface area contributed by atoms with Crippen LogP contribution in [0.5, 0.6) is 0 Å². The topological polar surface area (TPSA) is 76.4 Å². The SMILES string of the molecule is NNc1ccccc1C(=O)NCCOCC1CC1. The molecule has 2 rings (SSSR count). The molecule has 5 nitrogen and oxygen atoms in total. The fraction of sp³-hybridized carbons (Fsp3) is 0.462. The third kappa shape index (κ3) is 3.72. The van der Waals surface area contributed by atoms with Crippen molar-refractivity contribution in [2.45, 2.75) is 12.8 Å². The number of carbonyl (C=O) groups is 1. The molecular weight excluding hydrogens is 230 g/mol. The molecule has 0 bridgehead atoms. The third-order valence-corrected chi connectivity index (χ3v) is 2.91. The zero-order valence-corrected chi connectivity index (χ0v) is 10.3. The minimum atomic E-state index is -0.140. The van der Waals surface area contributed by atoms with Crippen molar-refractivity contribution in [3.05, 3.63) is 29.8 Å². The Labute approximate surface area is 107 Å². The first-order valence-corrected chi connectivity index (χ1v) is 6.23. The van der Waals surface area contributed by atoms with E-state index in [4.69, 9.17) is 10.6 Å². The summed E-state index contributed by atoms with van der Waals surface area (Å²) in [4.78, 5) is 11.9. The number of hydrazine groups is 1. The van der Waals surface area contributed by atoms with E-state index in [0.29, 0.717) is 24.4 Å². The summed E-state index contributed by atoms with van der Waals surface area (Å²) in [6, 6.07) is 7.12. The zero-order chi connectivity index (χ0) is 12.8. The number of nitrogens with one attached hydrogen (secondary N) is 2. The lowest BCUT2D eigenvalue weighted by Gasteiger charge is -2.09. The fourth-order valence-corrected chi connectivity index (χ4v) is 1.67. The molecule has 98 valence electrons. The molecule has 1 aromatic rings. The van der Waals surface area contributed by atoms with Crippen LogP contribution in [0.15, 0.2) is 24.3 Å². The van der Waals surface area contributed by atoms with Gasteiger partial charge in [-0.1, -0.05) is 12.1 Å². The molecule has 4 N–H and O–H groups in total. The van der Waals surface area contributed by atoms with E-state index >= 15 is 0 Å². The Balaban J connectivity index is 1.72. The van der Waals surface area contributed by atoms with Crippen molar-refractivity contribution in [3.63, 3.8) is 0 Å². The average Bonchev–Trinajstić information content (AvgIpc) is 3.22. The van der Waals surface area contributed by atoms with Gasteiger partial charge >= 0.3 is 0 Å². The first kappa shape index (κ1) is 12.9. The molecule has 0 saturated heterocycles. The van der Waals surface area contributed by atoms with Crippen LogP contribution in [0, 0.1) is 5.92 Å². The summed E-state index contributed by atoms with van der Waals surface area (Å²) in [5.41, 5.74) is 3.67. The van der Waals surface area contributed by atoms with Crippen molar-refractivity contribution in [1.82, 2.24) is 5.32 Å². The van der Waals surface area contributed by atoms with E-state index in [-0.39, 0.29) is 5.91 Å². The summed E-state index contributed by atoms with van der Waals surface area (Å²) in [7, 11) is 0. The Kier molecular flexibility index (Phi) is 4.55. The Morgan fingerprint density at radius 2 is 2.17 bits per heavy atom. The highest BCUT2D eigenvalue weighted by Crippen LogP contribution is 2.28. The predicted molar refractivity (Wildman–Crippen MR) is 70.1 cm³/mol. The summed E-state index contributed by atoms with van der Waals surface area (Å²) >= 11 is 0. The number of carbonyl (C=O) groups excluding carboxylic acids is 1. The fourth-order valence-electron chi connectivity index (χ4n) is 1.67. The van der Waals surface area contributed by atoms with Gasteiger partial charge < -0.3 is 15.5 Å². The average molecular weight is 249 g/mol. The molecule has 18 heavy (non-hydrogen) atoms. The molecule has 0 aliphatic heterocycles. The number of hydrogen-bond acceptors (Lipinski definition) is 4. The first-order chi connectivity index (χ1) is 8.81. The van der Waals surface area contributed by atoms with Crippen LogP contribution in [-0.4, -0.2) is 25.7 Å². The second kappa shape index (κ2) is 6.37. The van der Waals surface area contributed by atoms with Crippen LogP contribution in [0.4, 0.5) is 5.69 Å². The highest BCUT2D eigenvalue weighted by molar-refractivity contribution is 5.99. The highest BCUT2D eigenvalue weighted by atomic mass is 16.5. The molecule has 0 spiro atoms. The van der Waals surface area contributed by atoms with Gasteiger partial charge in [-0.05, 0) is 30.9 Å². The van der Waals surface area contributed by atoms with Crippen LogP contribution < -0.4 is 16.6 Å². The number of rotatable bonds is 7. The Bertz CT molecular complexity index is 405. The molecule has 0 radical (unpaired) electrons. The Hall–Kier alpha value is -1.59. The van der Waals surface area contributed by atoms with Crippen molar-refractivity contribution in [3.8, 4) is 0 Å². The number of ether oxygens (including phenoxy) is 1. The van der Waals surface area contributed by atoms with Gasteiger partial charge in [0.05, 0.1) is 17.9 Å². The van der Waals surface area contributed by atoms with Crippen molar-refractivity contribution in [1.29, 1.82) is 0 Å². The lowest BCUT2D eigenvalue weighted by Crippen LogP contribution is -2.28. The Morgan fingerprint density at radius 3 is 2.89 bits per heavy atom. The molecule has 1 saturated carbocycles. The summed E-state index contributed by atoms with van der Waals surface area (Å²) in [6.07, 6.45) is 2.56. The first-order valence-electron chi connectivity index (χ1n) is 6.23. The van der Waals surface area contributed by atoms with E-state index in [9.17, 15) is 4.79 Å². The Morgan fingerprint density at radius 1 is 1.39 bits per heavy atom. The molecule has 0 atom stereocenters. The summed E-state index contributed by atoms with van der Waals surface area (Å²) in [6.45, 7) is 1.89. The van der Waals surface area contributed by atoms with Gasteiger partial charge in [0.15, 0.2) is 0 Å². The van der Waals surface area contributed by atoms with Crippen molar-refractivity contribution >= 4 is 11.6 Å². The number of nitrogen functional groups attached to an aromatic ring is 1. The molecule has 0 aromatic heterocycles. The maximum absolute atomic E-state index is 11.9. The van der Waals surface area contributed by atoms with Gasteiger partial charge in [-0.2, -0.15) is 0 Å². The molecule has 0 unspecified atom stereocenters. The van der Waals surface area contributed by atoms with Gasteiger partial charge in [0.2, 0.25) is 0 Å². The van der Waals surface area contributed by atoms with E-state index < -0.39 is 0 Å². The lowest BCUT2D eigenvalue weighted by atomic mass is 10.1. The van der Waals surface area contributed by atoms with Crippen molar-refractivity contribution < 1.29 is 9.53 Å². The second-order valence-electron chi connectivity index (χ2n) is 4.46. The summed E-state index contributed by atoms with van der Waals surface area (Å²) in [5, 5.41) is 2.81. The zero-order valence-electron chi connectivity index (χ0n) is 10.3. The highest BCUT2D eigenvalue weighted by Gasteiger charge is 2.20. The maximum atomic E-state index is 11.9. The molecule has 0 heterocycles. The predicted octanol–water partition coefficient (Wildman–Crippen LogP) is 1.13. The summed E-state index contributed by atoms with van der Waals surface area (Å²) in [5.74, 6) is 5.96. The smallest absolute Gasteiger partial charge is 0.253 e. The monoisotopic (exact) mass is 249 g/mol. The van der Waals surface area contributed by atoms with Crippen molar-refractivity contribution in [2.75, 3.05) is 25.2 Å². The quantitative estimate of drug-likeness (QED) is 0.384. The number of para-hydroxylation sites is 1. The van der Waals surface area contributed by atoms with Crippen LogP contribution in [0.3, 0.4) is 0 Å².